The first-order chi connectivity index (χ1) is 13.8. The molecule has 0 spiro atoms. The predicted molar refractivity (Wildman–Crippen MR) is 115 cm³/mol. The van der Waals surface area contributed by atoms with Crippen LogP contribution in [0.2, 0.25) is 0 Å². The molecule has 3 rings (SSSR count). The van der Waals surface area contributed by atoms with Crippen LogP contribution in [0.3, 0.4) is 0 Å². The summed E-state index contributed by atoms with van der Waals surface area (Å²) in [5.74, 6) is 0.346. The number of aryl methyl sites for hydroxylation is 2. The zero-order valence-electron chi connectivity index (χ0n) is 17.6. The minimum Gasteiger partial charge on any atom is -0.340 e. The van der Waals surface area contributed by atoms with Crippen LogP contribution in [-0.2, 0) is 0 Å². The molecule has 1 N–H and O–H groups in total. The number of rotatable bonds is 6. The number of nitrogens with one attached hydrogen (secondary N) is 1. The van der Waals surface area contributed by atoms with E-state index in [-0.39, 0.29) is 11.5 Å². The minimum absolute atomic E-state index is 0.0966. The molecule has 0 fully saturated rings. The molecule has 0 atom stereocenters. The largest absolute Gasteiger partial charge is 0.340 e. The summed E-state index contributed by atoms with van der Waals surface area (Å²) in [6.45, 7) is 5.43. The number of pyridine rings is 1. The molecule has 7 heteroatoms. The Morgan fingerprint density at radius 2 is 1.83 bits per heavy atom. The van der Waals surface area contributed by atoms with E-state index in [1.54, 1.807) is 30.3 Å². The lowest BCUT2D eigenvalue weighted by Crippen LogP contribution is -2.33. The van der Waals surface area contributed by atoms with E-state index in [0.717, 1.165) is 23.2 Å². The molecule has 0 unspecified atom stereocenters. The molecule has 0 saturated heterocycles. The number of carbonyl (C=O) groups excluding carboxylic acids is 1. The Morgan fingerprint density at radius 1 is 1.07 bits per heavy atom. The fraction of sp³-hybridized carbons (Fsp3) is 0.318. The minimum atomic E-state index is -0.174. The van der Waals surface area contributed by atoms with E-state index in [1.807, 2.05) is 45.0 Å². The van der Waals surface area contributed by atoms with E-state index in [4.69, 9.17) is 0 Å². The molecule has 0 bridgehead atoms. The number of hydrogen-bond acceptors (Lipinski definition) is 4. The fourth-order valence-electron chi connectivity index (χ4n) is 3.17. The number of benzene rings is 1. The van der Waals surface area contributed by atoms with Gasteiger partial charge in [0.2, 0.25) is 0 Å². The van der Waals surface area contributed by atoms with Crippen molar-refractivity contribution in [3.63, 3.8) is 0 Å². The van der Waals surface area contributed by atoms with Gasteiger partial charge in [-0.3, -0.25) is 14.7 Å². The molecule has 0 saturated carbocycles. The molecule has 0 aliphatic carbocycles. The van der Waals surface area contributed by atoms with Crippen molar-refractivity contribution in [3.05, 3.63) is 69.8 Å². The van der Waals surface area contributed by atoms with Crippen LogP contribution in [0.4, 0.5) is 0 Å². The summed E-state index contributed by atoms with van der Waals surface area (Å²) in [6, 6.07) is 9.37. The average molecular weight is 393 g/mol. The van der Waals surface area contributed by atoms with Crippen molar-refractivity contribution < 1.29 is 4.79 Å². The summed E-state index contributed by atoms with van der Waals surface area (Å²) in [7, 11) is 5.70. The molecule has 0 aliphatic rings. The van der Waals surface area contributed by atoms with E-state index in [1.165, 1.54) is 10.9 Å². The van der Waals surface area contributed by atoms with Gasteiger partial charge in [0, 0.05) is 32.5 Å². The molecule has 152 valence electrons. The number of aromatic amines is 1. The van der Waals surface area contributed by atoms with Crippen LogP contribution in [0.1, 0.15) is 21.5 Å². The first-order valence-corrected chi connectivity index (χ1v) is 9.52. The van der Waals surface area contributed by atoms with E-state index in [0.29, 0.717) is 23.5 Å². The van der Waals surface area contributed by atoms with Crippen molar-refractivity contribution in [1.82, 2.24) is 24.6 Å². The van der Waals surface area contributed by atoms with E-state index >= 15 is 0 Å². The Labute approximate surface area is 170 Å². The lowest BCUT2D eigenvalue weighted by Gasteiger charge is -2.19. The van der Waals surface area contributed by atoms with Crippen molar-refractivity contribution in [2.45, 2.75) is 13.8 Å². The molecule has 7 nitrogen and oxygen atoms in total. The summed E-state index contributed by atoms with van der Waals surface area (Å²) >= 11 is 0. The molecule has 0 radical (unpaired) electrons. The number of amides is 1. The topological polar surface area (TPSA) is 74.2 Å². The maximum atomic E-state index is 12.9. The average Bonchev–Trinajstić information content (AvgIpc) is 3.07. The van der Waals surface area contributed by atoms with Crippen LogP contribution in [0.5, 0.6) is 0 Å². The van der Waals surface area contributed by atoms with Crippen LogP contribution in [-0.4, -0.2) is 64.7 Å². The number of hydrogen-bond donors (Lipinski definition) is 1. The highest BCUT2D eigenvalue weighted by atomic mass is 16.2. The SMILES string of the molecule is Cc1ccc(-c2c[nH]n(-c3ccc(C(=O)N(C)CCN(C)C)cn3)c2=O)c(C)c1. The Bertz CT molecular complexity index is 1060. The predicted octanol–water partition coefficient (Wildman–Crippen LogP) is 2.48. The third-order valence-corrected chi connectivity index (χ3v) is 4.90. The lowest BCUT2D eigenvalue weighted by atomic mass is 10.0. The summed E-state index contributed by atoms with van der Waals surface area (Å²) in [5, 5.41) is 2.98. The number of nitrogens with zero attached hydrogens (tertiary/aromatic N) is 4. The van der Waals surface area contributed by atoms with Gasteiger partial charge in [0.25, 0.3) is 11.5 Å². The molecular weight excluding hydrogens is 366 g/mol. The van der Waals surface area contributed by atoms with Crippen molar-refractivity contribution in [2.75, 3.05) is 34.2 Å². The first kappa shape index (κ1) is 20.5. The Balaban J connectivity index is 1.83. The zero-order valence-corrected chi connectivity index (χ0v) is 17.6. The third kappa shape index (κ3) is 4.46. The highest BCUT2D eigenvalue weighted by Gasteiger charge is 2.15. The van der Waals surface area contributed by atoms with Crippen molar-refractivity contribution in [1.29, 1.82) is 0 Å². The summed E-state index contributed by atoms with van der Waals surface area (Å²) in [5.41, 5.74) is 4.00. The number of likely N-dealkylation sites (N-methyl/N-ethyl adjacent to an activating group) is 2. The van der Waals surface area contributed by atoms with E-state index in [9.17, 15) is 9.59 Å². The van der Waals surface area contributed by atoms with Crippen LogP contribution < -0.4 is 5.56 Å². The summed E-state index contributed by atoms with van der Waals surface area (Å²) in [6.07, 6.45) is 3.20. The first-order valence-electron chi connectivity index (χ1n) is 9.52. The van der Waals surface area contributed by atoms with Gasteiger partial charge in [-0.2, -0.15) is 0 Å². The van der Waals surface area contributed by atoms with Crippen molar-refractivity contribution >= 4 is 5.91 Å². The van der Waals surface area contributed by atoms with Crippen LogP contribution in [0, 0.1) is 13.8 Å². The quantitative estimate of drug-likeness (QED) is 0.698. The van der Waals surface area contributed by atoms with Gasteiger partial charge in [-0.1, -0.05) is 23.8 Å². The molecule has 0 aliphatic heterocycles. The van der Waals surface area contributed by atoms with Gasteiger partial charge in [0.05, 0.1) is 11.1 Å². The molecule has 3 aromatic rings. The molecule has 1 amide bonds. The summed E-state index contributed by atoms with van der Waals surface area (Å²) in [4.78, 5) is 33.4. The monoisotopic (exact) mass is 393 g/mol. The van der Waals surface area contributed by atoms with Gasteiger partial charge in [0.15, 0.2) is 5.82 Å². The van der Waals surface area contributed by atoms with Gasteiger partial charge in [-0.05, 0) is 51.2 Å². The van der Waals surface area contributed by atoms with Crippen molar-refractivity contribution in [2.24, 2.45) is 0 Å². The van der Waals surface area contributed by atoms with Crippen molar-refractivity contribution in [3.8, 4) is 16.9 Å². The third-order valence-electron chi connectivity index (χ3n) is 4.90. The molecule has 2 aromatic heterocycles. The Morgan fingerprint density at radius 3 is 2.45 bits per heavy atom. The number of aromatic nitrogens is 3. The molecule has 2 heterocycles. The smallest absolute Gasteiger partial charge is 0.280 e. The fourth-order valence-corrected chi connectivity index (χ4v) is 3.17. The second-order valence-corrected chi connectivity index (χ2v) is 7.58. The highest BCUT2D eigenvalue weighted by Crippen LogP contribution is 2.21. The second-order valence-electron chi connectivity index (χ2n) is 7.58. The highest BCUT2D eigenvalue weighted by molar-refractivity contribution is 5.93. The molecule has 29 heavy (non-hydrogen) atoms. The number of carbonyl (C=O) groups is 1. The lowest BCUT2D eigenvalue weighted by molar-refractivity contribution is 0.0786. The zero-order chi connectivity index (χ0) is 21.1. The Hall–Kier alpha value is -3.19. The normalized spacial score (nSPS) is 11.1. The van der Waals surface area contributed by atoms with Crippen LogP contribution in [0.15, 0.2) is 47.5 Å². The second kappa shape index (κ2) is 8.45. The standard InChI is InChI=1S/C22H27N5O2/c1-15-6-8-18(16(2)12-15)19-14-24-27(22(19)29)20-9-7-17(13-23-20)21(28)26(5)11-10-25(3)4/h6-9,12-14,24H,10-11H2,1-5H3. The van der Waals surface area contributed by atoms with E-state index in [2.05, 4.69) is 16.1 Å². The number of H-pyrrole nitrogens is 1. The van der Waals surface area contributed by atoms with Gasteiger partial charge in [-0.25, -0.2) is 9.67 Å². The summed E-state index contributed by atoms with van der Waals surface area (Å²) < 4.78 is 1.39. The van der Waals surface area contributed by atoms with E-state index < -0.39 is 0 Å². The molecule has 1 aromatic carbocycles. The maximum Gasteiger partial charge on any atom is 0.280 e. The van der Waals surface area contributed by atoms with Crippen LogP contribution >= 0.6 is 0 Å². The van der Waals surface area contributed by atoms with Gasteiger partial charge >= 0.3 is 0 Å². The van der Waals surface area contributed by atoms with Crippen LogP contribution in [0.25, 0.3) is 16.9 Å². The van der Waals surface area contributed by atoms with Gasteiger partial charge in [-0.15, -0.1) is 0 Å². The van der Waals surface area contributed by atoms with Gasteiger partial charge < -0.3 is 9.80 Å². The maximum absolute atomic E-state index is 12.9. The van der Waals surface area contributed by atoms with Gasteiger partial charge in [0.1, 0.15) is 0 Å². The Kier molecular flexibility index (Phi) is 5.98. The molecular formula is C22H27N5O2.